The molecular weight excluding hydrogens is 332 g/mol. The van der Waals surface area contributed by atoms with Gasteiger partial charge in [-0.2, -0.15) is 0 Å². The van der Waals surface area contributed by atoms with Crippen LogP contribution in [0.1, 0.15) is 12.5 Å². The number of nitrogens with zero attached hydrogens (tertiary/aromatic N) is 2. The number of hydrogen-bond donors (Lipinski definition) is 1. The van der Waals surface area contributed by atoms with E-state index in [1.54, 1.807) is 24.0 Å². The average Bonchev–Trinajstić information content (AvgIpc) is 2.75. The van der Waals surface area contributed by atoms with E-state index in [-0.39, 0.29) is 0 Å². The Kier molecular flexibility index (Phi) is 5.03. The van der Waals surface area contributed by atoms with Crippen molar-refractivity contribution in [3.8, 4) is 5.88 Å². The van der Waals surface area contributed by atoms with Gasteiger partial charge in [0, 0.05) is 27.2 Å². The summed E-state index contributed by atoms with van der Waals surface area (Å²) in [5, 5.41) is 4.07. The summed E-state index contributed by atoms with van der Waals surface area (Å²) < 4.78 is 8.15. The van der Waals surface area contributed by atoms with Crippen molar-refractivity contribution < 1.29 is 4.74 Å². The van der Waals surface area contributed by atoms with Crippen molar-refractivity contribution in [3.63, 3.8) is 0 Å². The van der Waals surface area contributed by atoms with Gasteiger partial charge >= 0.3 is 0 Å². The van der Waals surface area contributed by atoms with Gasteiger partial charge in [0.15, 0.2) is 0 Å². The number of thioether (sulfide) groups is 1. The van der Waals surface area contributed by atoms with Gasteiger partial charge in [0.25, 0.3) is 0 Å². The van der Waals surface area contributed by atoms with Crippen LogP contribution < -0.4 is 4.74 Å². The number of benzene rings is 1. The fourth-order valence-corrected chi connectivity index (χ4v) is 3.09. The summed E-state index contributed by atoms with van der Waals surface area (Å²) in [6, 6.07) is 7.95. The Morgan fingerprint density at radius 2 is 2.28 bits per heavy atom. The third-order valence-corrected chi connectivity index (χ3v) is 4.24. The second kappa shape index (κ2) is 6.54. The summed E-state index contributed by atoms with van der Waals surface area (Å²) in [5.74, 6) is 1.61. The molecule has 0 aliphatic carbocycles. The van der Waals surface area contributed by atoms with Crippen molar-refractivity contribution in [2.45, 2.75) is 18.4 Å². The minimum atomic E-state index is 0.495. The number of halogens is 1. The van der Waals surface area contributed by atoms with Crippen molar-refractivity contribution in [3.05, 3.63) is 40.5 Å². The van der Waals surface area contributed by atoms with E-state index in [1.165, 1.54) is 8.98 Å². The van der Waals surface area contributed by atoms with Crippen molar-refractivity contribution in [2.75, 3.05) is 5.75 Å². The third-order valence-electron chi connectivity index (χ3n) is 2.29. The molecule has 0 fully saturated rings. The lowest BCUT2D eigenvalue weighted by Crippen LogP contribution is -1.99. The molecule has 0 aliphatic heterocycles. The highest BCUT2D eigenvalue weighted by Crippen LogP contribution is 2.29. The lowest BCUT2D eigenvalue weighted by Gasteiger charge is -2.10. The van der Waals surface area contributed by atoms with Gasteiger partial charge in [-0.05, 0) is 30.7 Å². The van der Waals surface area contributed by atoms with Crippen LogP contribution in [0, 0.1) is 0 Å². The standard InChI is InChI=1S/C12H13BrN2OS2/c1-2-18-11-5-3-4-10(13)9(11)8-16-12-6-7-15(17)14-12/h3-7,17H,2,8H2,1H3. The highest BCUT2D eigenvalue weighted by molar-refractivity contribution is 9.10. The zero-order valence-corrected chi connectivity index (χ0v) is 13.1. The Morgan fingerprint density at radius 3 is 2.94 bits per heavy atom. The molecule has 0 bridgehead atoms. The molecule has 2 aromatic rings. The number of rotatable bonds is 5. The fraction of sp³-hybridized carbons (Fsp3) is 0.250. The van der Waals surface area contributed by atoms with E-state index < -0.39 is 0 Å². The minimum Gasteiger partial charge on any atom is -0.472 e. The van der Waals surface area contributed by atoms with Crippen LogP contribution in [-0.2, 0) is 6.61 Å². The van der Waals surface area contributed by atoms with Crippen LogP contribution >= 0.6 is 40.5 Å². The minimum absolute atomic E-state index is 0.495. The molecule has 96 valence electrons. The summed E-state index contributed by atoms with van der Waals surface area (Å²) in [6.07, 6.45) is 1.74. The number of thiol groups is 1. The van der Waals surface area contributed by atoms with Crippen LogP contribution in [0.15, 0.2) is 39.8 Å². The molecule has 6 heteroatoms. The van der Waals surface area contributed by atoms with Crippen LogP contribution in [0.5, 0.6) is 5.88 Å². The molecule has 0 radical (unpaired) electrons. The van der Waals surface area contributed by atoms with E-state index in [0.29, 0.717) is 12.5 Å². The first kappa shape index (κ1) is 13.8. The van der Waals surface area contributed by atoms with Crippen LogP contribution in [0.4, 0.5) is 0 Å². The van der Waals surface area contributed by atoms with Crippen molar-refractivity contribution in [1.29, 1.82) is 0 Å². The molecule has 0 spiro atoms. The maximum absolute atomic E-state index is 5.66. The van der Waals surface area contributed by atoms with E-state index in [1.807, 2.05) is 12.1 Å². The monoisotopic (exact) mass is 344 g/mol. The Labute approximate surface area is 125 Å². The Bertz CT molecular complexity index is 531. The van der Waals surface area contributed by atoms with Gasteiger partial charge in [-0.25, -0.2) is 4.09 Å². The smallest absolute Gasteiger partial charge is 0.234 e. The Balaban J connectivity index is 2.12. The molecular formula is C12H13BrN2OS2. The number of hydrogen-bond acceptors (Lipinski definition) is 4. The van der Waals surface area contributed by atoms with Crippen LogP contribution in [0.3, 0.4) is 0 Å². The lowest BCUT2D eigenvalue weighted by atomic mass is 10.2. The topological polar surface area (TPSA) is 27.1 Å². The van der Waals surface area contributed by atoms with E-state index >= 15 is 0 Å². The molecule has 2 rings (SSSR count). The quantitative estimate of drug-likeness (QED) is 0.655. The van der Waals surface area contributed by atoms with Gasteiger partial charge in [0.1, 0.15) is 6.61 Å². The molecule has 1 aromatic carbocycles. The SMILES string of the molecule is CCSc1cccc(Br)c1COc1ccn(S)n1. The van der Waals surface area contributed by atoms with Gasteiger partial charge in [-0.1, -0.05) is 28.9 Å². The molecule has 3 nitrogen and oxygen atoms in total. The fourth-order valence-electron chi connectivity index (χ4n) is 1.49. The normalized spacial score (nSPS) is 10.6. The maximum atomic E-state index is 5.66. The van der Waals surface area contributed by atoms with Gasteiger partial charge in [0.2, 0.25) is 5.88 Å². The molecule has 0 amide bonds. The molecule has 0 saturated heterocycles. The zero-order valence-electron chi connectivity index (χ0n) is 9.84. The van der Waals surface area contributed by atoms with E-state index in [9.17, 15) is 0 Å². The highest BCUT2D eigenvalue weighted by atomic mass is 79.9. The van der Waals surface area contributed by atoms with E-state index in [4.69, 9.17) is 4.74 Å². The summed E-state index contributed by atoms with van der Waals surface area (Å²) in [4.78, 5) is 1.23. The van der Waals surface area contributed by atoms with Gasteiger partial charge in [0.05, 0.1) is 0 Å². The van der Waals surface area contributed by atoms with Crippen molar-refractivity contribution in [1.82, 2.24) is 9.19 Å². The first-order chi connectivity index (χ1) is 8.70. The third kappa shape index (κ3) is 3.46. The van der Waals surface area contributed by atoms with Gasteiger partial charge in [-0.3, -0.25) is 0 Å². The summed E-state index contributed by atoms with van der Waals surface area (Å²) in [5.41, 5.74) is 1.15. The first-order valence-electron chi connectivity index (χ1n) is 5.48. The molecule has 1 heterocycles. The van der Waals surface area contributed by atoms with Gasteiger partial charge in [-0.15, -0.1) is 16.9 Å². The molecule has 0 unspecified atom stereocenters. The predicted octanol–water partition coefficient (Wildman–Crippen LogP) is 4.03. The van der Waals surface area contributed by atoms with Crippen molar-refractivity contribution in [2.24, 2.45) is 0 Å². The van der Waals surface area contributed by atoms with Crippen LogP contribution in [0.2, 0.25) is 0 Å². The van der Waals surface area contributed by atoms with Crippen molar-refractivity contribution >= 4 is 40.5 Å². The Hall–Kier alpha value is -0.590. The lowest BCUT2D eigenvalue weighted by molar-refractivity contribution is 0.289. The Morgan fingerprint density at radius 1 is 1.44 bits per heavy atom. The molecule has 0 atom stereocenters. The summed E-state index contributed by atoms with van der Waals surface area (Å²) in [6.45, 7) is 2.63. The molecule has 1 aromatic heterocycles. The summed E-state index contributed by atoms with van der Waals surface area (Å²) in [7, 11) is 0. The van der Waals surface area contributed by atoms with E-state index in [2.05, 4.69) is 46.8 Å². The average molecular weight is 345 g/mol. The molecule has 0 N–H and O–H groups in total. The van der Waals surface area contributed by atoms with Crippen LogP contribution in [-0.4, -0.2) is 14.9 Å². The largest absolute Gasteiger partial charge is 0.472 e. The second-order valence-corrected chi connectivity index (χ2v) is 6.08. The maximum Gasteiger partial charge on any atom is 0.234 e. The van der Waals surface area contributed by atoms with Gasteiger partial charge < -0.3 is 4.74 Å². The summed E-state index contributed by atoms with van der Waals surface area (Å²) >= 11 is 9.44. The first-order valence-corrected chi connectivity index (χ1v) is 7.66. The van der Waals surface area contributed by atoms with E-state index in [0.717, 1.165) is 15.8 Å². The van der Waals surface area contributed by atoms with Crippen LogP contribution in [0.25, 0.3) is 0 Å². The molecule has 18 heavy (non-hydrogen) atoms. The predicted molar refractivity (Wildman–Crippen MR) is 81.5 cm³/mol. The second-order valence-electron chi connectivity index (χ2n) is 3.51. The highest BCUT2D eigenvalue weighted by Gasteiger charge is 2.08. The number of ether oxygens (including phenoxy) is 1. The molecule has 0 saturated carbocycles. The number of aromatic nitrogens is 2. The zero-order chi connectivity index (χ0) is 13.0. The molecule has 0 aliphatic rings.